The summed E-state index contributed by atoms with van der Waals surface area (Å²) in [5, 5.41) is 0. The van der Waals surface area contributed by atoms with Gasteiger partial charge in [-0.15, -0.1) is 53.6 Å². The van der Waals surface area contributed by atoms with E-state index >= 15 is 0 Å². The van der Waals surface area contributed by atoms with E-state index in [1.165, 1.54) is 0 Å². The Morgan fingerprint density at radius 1 is 0.535 bits per heavy atom. The maximum atomic E-state index is 4.88. The number of para-hydroxylation sites is 2. The molecule has 4 heterocycles. The number of aromatic nitrogens is 4. The molecule has 0 radical (unpaired) electrons. The van der Waals surface area contributed by atoms with Gasteiger partial charge in [-0.05, 0) is 47.4 Å². The molecule has 1 aliphatic rings. The number of hydrogen-bond acceptors (Lipinski definition) is 4. The first kappa shape index (κ1) is 26.8. The van der Waals surface area contributed by atoms with E-state index in [2.05, 4.69) is 93.3 Å². The third kappa shape index (κ3) is 4.68. The Morgan fingerprint density at radius 2 is 1.35 bits per heavy atom. The zero-order valence-electron chi connectivity index (χ0n) is 22.8. The van der Waals surface area contributed by atoms with Crippen LogP contribution in [0.4, 0.5) is 17.1 Å². The summed E-state index contributed by atoms with van der Waals surface area (Å²) >= 11 is 0. The fourth-order valence-electron chi connectivity index (χ4n) is 5.64. The number of imidazole rings is 1. The number of nitrogens with zero attached hydrogens (tertiary/aromatic N) is 5. The van der Waals surface area contributed by atoms with E-state index in [4.69, 9.17) is 9.97 Å². The minimum absolute atomic E-state index is 0. The maximum absolute atomic E-state index is 4.88. The molecule has 8 rings (SSSR count). The average Bonchev–Trinajstić information content (AvgIpc) is 3.52. The van der Waals surface area contributed by atoms with Crippen molar-refractivity contribution in [1.82, 2.24) is 19.5 Å². The molecule has 5 nitrogen and oxygen atoms in total. The van der Waals surface area contributed by atoms with Crippen LogP contribution in [0.1, 0.15) is 0 Å². The zero-order chi connectivity index (χ0) is 27.9. The van der Waals surface area contributed by atoms with Crippen LogP contribution in [0.5, 0.6) is 0 Å². The van der Waals surface area contributed by atoms with Crippen molar-refractivity contribution in [2.45, 2.75) is 0 Å². The topological polar surface area (TPSA) is 46.8 Å². The largest absolute Gasteiger partial charge is 2.00 e. The molecular weight excluding hydrogens is 710 g/mol. The van der Waals surface area contributed by atoms with Crippen molar-refractivity contribution in [3.8, 4) is 50.7 Å². The van der Waals surface area contributed by atoms with Gasteiger partial charge in [0.15, 0.2) is 0 Å². The Labute approximate surface area is 264 Å². The smallest absolute Gasteiger partial charge is 0.345 e. The van der Waals surface area contributed by atoms with Crippen LogP contribution in [0.2, 0.25) is 0 Å². The quantitative estimate of drug-likeness (QED) is 0.170. The molecule has 0 fully saturated rings. The van der Waals surface area contributed by atoms with Crippen LogP contribution in [0.25, 0.3) is 50.7 Å². The van der Waals surface area contributed by atoms with Gasteiger partial charge in [0.2, 0.25) is 0 Å². The van der Waals surface area contributed by atoms with Gasteiger partial charge in [-0.2, -0.15) is 0 Å². The Morgan fingerprint density at radius 3 is 2.23 bits per heavy atom. The number of anilines is 3. The molecule has 7 aromatic rings. The summed E-state index contributed by atoms with van der Waals surface area (Å²) in [4.78, 5) is 16.5. The van der Waals surface area contributed by atoms with Gasteiger partial charge in [0, 0.05) is 47.3 Å². The van der Waals surface area contributed by atoms with E-state index in [1.54, 1.807) is 0 Å². The van der Waals surface area contributed by atoms with Gasteiger partial charge in [-0.1, -0.05) is 60.2 Å². The van der Waals surface area contributed by atoms with Crippen molar-refractivity contribution in [2.24, 2.45) is 0 Å². The summed E-state index contributed by atoms with van der Waals surface area (Å²) in [6.07, 6.45) is 7.47. The third-order valence-electron chi connectivity index (χ3n) is 7.52. The predicted molar refractivity (Wildman–Crippen MR) is 167 cm³/mol. The van der Waals surface area contributed by atoms with Gasteiger partial charge in [0.25, 0.3) is 0 Å². The molecule has 0 aliphatic carbocycles. The number of hydrogen-bond donors (Lipinski definition) is 0. The normalized spacial score (nSPS) is 11.5. The molecule has 0 bridgehead atoms. The molecule has 1 aliphatic heterocycles. The molecular formula is C37H23N5Pt. The van der Waals surface area contributed by atoms with Gasteiger partial charge >= 0.3 is 21.1 Å². The van der Waals surface area contributed by atoms with Gasteiger partial charge in [-0.25, -0.2) is 0 Å². The second kappa shape index (κ2) is 11.3. The van der Waals surface area contributed by atoms with Crippen LogP contribution in [0.3, 0.4) is 0 Å². The standard InChI is InChI=1S/C37H23N5.Pt/c1-2-11-28(12-3-1)41-23-22-40-37(41)27-18-19-32-35(25-27)42(29-13-8-10-26(24-29)33-16-6-7-20-38-33)34-17-5-4-14-30(34)31-15-9-21-39-36(31)32;/h1-23H;/q-2;+2. The maximum Gasteiger partial charge on any atom is 2.00 e. The number of pyridine rings is 2. The minimum atomic E-state index is 0. The van der Waals surface area contributed by atoms with Crippen LogP contribution >= 0.6 is 0 Å². The molecule has 0 amide bonds. The van der Waals surface area contributed by atoms with Gasteiger partial charge in [-0.3, -0.25) is 9.97 Å². The molecule has 0 saturated heterocycles. The van der Waals surface area contributed by atoms with Gasteiger partial charge < -0.3 is 14.5 Å². The number of fused-ring (bicyclic) bond motifs is 5. The van der Waals surface area contributed by atoms with Gasteiger partial charge in [0.1, 0.15) is 0 Å². The number of benzene rings is 4. The molecule has 0 saturated carbocycles. The van der Waals surface area contributed by atoms with Crippen LogP contribution in [-0.4, -0.2) is 19.5 Å². The summed E-state index contributed by atoms with van der Waals surface area (Å²) in [5.74, 6) is 0.814. The van der Waals surface area contributed by atoms with Crippen molar-refractivity contribution in [1.29, 1.82) is 0 Å². The van der Waals surface area contributed by atoms with E-state index in [0.717, 1.165) is 67.8 Å². The first-order valence-corrected chi connectivity index (χ1v) is 13.8. The molecule has 0 unspecified atom stereocenters. The third-order valence-corrected chi connectivity index (χ3v) is 7.52. The van der Waals surface area contributed by atoms with E-state index < -0.39 is 0 Å². The van der Waals surface area contributed by atoms with Crippen molar-refractivity contribution in [2.75, 3.05) is 4.90 Å². The van der Waals surface area contributed by atoms with Crippen molar-refractivity contribution in [3.05, 3.63) is 152 Å². The molecule has 0 atom stereocenters. The van der Waals surface area contributed by atoms with Crippen LogP contribution in [0.15, 0.2) is 140 Å². The fraction of sp³-hybridized carbons (Fsp3) is 0. The molecule has 4 aromatic carbocycles. The first-order chi connectivity index (χ1) is 20.8. The SMILES string of the molecule is [Pt+2].[c-]1c(-c2ccccn2)cccc1N1c2[c-]c(-c3nccn3-c3ccccc3)ccc2-c2ncccc2-c2ccccc21. The molecule has 3 aromatic heterocycles. The minimum Gasteiger partial charge on any atom is -0.345 e. The van der Waals surface area contributed by atoms with E-state index in [-0.39, 0.29) is 21.1 Å². The van der Waals surface area contributed by atoms with E-state index in [9.17, 15) is 0 Å². The van der Waals surface area contributed by atoms with Crippen LogP contribution < -0.4 is 4.90 Å². The fourth-order valence-corrected chi connectivity index (χ4v) is 5.64. The molecule has 43 heavy (non-hydrogen) atoms. The summed E-state index contributed by atoms with van der Waals surface area (Å²) in [6, 6.07) is 46.6. The Hall–Kier alpha value is -5.12. The summed E-state index contributed by atoms with van der Waals surface area (Å²) < 4.78 is 2.09. The molecule has 6 heteroatoms. The molecule has 0 spiro atoms. The van der Waals surface area contributed by atoms with Crippen molar-refractivity contribution < 1.29 is 21.1 Å². The van der Waals surface area contributed by atoms with Gasteiger partial charge in [0.05, 0.1) is 11.5 Å². The Balaban J connectivity index is 0.00000300. The second-order valence-electron chi connectivity index (χ2n) is 10.0. The number of rotatable bonds is 4. The predicted octanol–water partition coefficient (Wildman–Crippen LogP) is 8.71. The Bertz CT molecular complexity index is 2050. The van der Waals surface area contributed by atoms with Crippen molar-refractivity contribution >= 4 is 17.1 Å². The zero-order valence-corrected chi connectivity index (χ0v) is 25.1. The van der Waals surface area contributed by atoms with Crippen LogP contribution in [-0.2, 0) is 21.1 Å². The van der Waals surface area contributed by atoms with Crippen molar-refractivity contribution in [3.63, 3.8) is 0 Å². The summed E-state index contributed by atoms with van der Waals surface area (Å²) in [5.41, 5.74) is 10.6. The summed E-state index contributed by atoms with van der Waals surface area (Å²) in [7, 11) is 0. The first-order valence-electron chi connectivity index (χ1n) is 13.8. The Kier molecular flexibility index (Phi) is 7.02. The monoisotopic (exact) mass is 732 g/mol. The molecule has 206 valence electrons. The molecule has 0 N–H and O–H groups in total. The second-order valence-corrected chi connectivity index (χ2v) is 10.0. The summed E-state index contributed by atoms with van der Waals surface area (Å²) in [6.45, 7) is 0. The van der Waals surface area contributed by atoms with Crippen LogP contribution in [0, 0.1) is 12.1 Å². The average molecular weight is 733 g/mol. The van der Waals surface area contributed by atoms with E-state index in [1.807, 2.05) is 73.3 Å². The van der Waals surface area contributed by atoms with E-state index in [0.29, 0.717) is 0 Å².